The number of hydrogen-bond acceptors (Lipinski definition) is 2. The first kappa shape index (κ1) is 30.3. The van der Waals surface area contributed by atoms with Gasteiger partial charge in [0.1, 0.15) is 0 Å². The third-order valence-electron chi connectivity index (χ3n) is 10.8. The molecule has 0 N–H and O–H groups in total. The van der Waals surface area contributed by atoms with Gasteiger partial charge in [-0.15, -0.1) is 0 Å². The minimum absolute atomic E-state index is 0.603. The molecule has 0 bridgehead atoms. The molecule has 0 spiro atoms. The average molecular weight is 666 g/mol. The monoisotopic (exact) mass is 665 g/mol. The summed E-state index contributed by atoms with van der Waals surface area (Å²) in [7, 11) is 0. The number of rotatable bonds is 5. The van der Waals surface area contributed by atoms with Crippen molar-refractivity contribution in [2.75, 3.05) is 0 Å². The SMILES string of the molecule is Cc1ccc(C2(c3ccc(C)cc3)c3cccc(-c4cc(-c5ccccc5)nc(-c5ccccc5)n4)c3-n3c4ccccc4c4cccc2c43)cc1. The van der Waals surface area contributed by atoms with E-state index in [1.807, 2.05) is 12.1 Å². The van der Waals surface area contributed by atoms with Crippen LogP contribution in [0, 0.1) is 13.8 Å². The van der Waals surface area contributed by atoms with E-state index in [-0.39, 0.29) is 0 Å². The number of benzene rings is 7. The van der Waals surface area contributed by atoms with Crippen LogP contribution in [0.3, 0.4) is 0 Å². The van der Waals surface area contributed by atoms with E-state index in [1.54, 1.807) is 0 Å². The summed E-state index contributed by atoms with van der Waals surface area (Å²) in [5.74, 6) is 0.705. The first-order valence-corrected chi connectivity index (χ1v) is 17.9. The zero-order chi connectivity index (χ0) is 34.8. The van der Waals surface area contributed by atoms with Crippen LogP contribution in [0.15, 0.2) is 176 Å². The lowest BCUT2D eigenvalue weighted by molar-refractivity contribution is 0.727. The van der Waals surface area contributed by atoms with E-state index >= 15 is 0 Å². The Morgan fingerprint density at radius 1 is 0.462 bits per heavy atom. The molecule has 7 aromatic carbocycles. The van der Waals surface area contributed by atoms with Crippen LogP contribution in [0.5, 0.6) is 0 Å². The van der Waals surface area contributed by atoms with Crippen molar-refractivity contribution in [3.8, 4) is 39.6 Å². The fourth-order valence-corrected chi connectivity index (χ4v) is 8.45. The molecule has 3 heterocycles. The quantitative estimate of drug-likeness (QED) is 0.183. The van der Waals surface area contributed by atoms with Crippen molar-refractivity contribution < 1.29 is 0 Å². The van der Waals surface area contributed by atoms with Crippen LogP contribution >= 0.6 is 0 Å². The molecule has 52 heavy (non-hydrogen) atoms. The van der Waals surface area contributed by atoms with Crippen LogP contribution in [0.25, 0.3) is 61.4 Å². The van der Waals surface area contributed by atoms with Gasteiger partial charge in [-0.2, -0.15) is 0 Å². The summed E-state index contributed by atoms with van der Waals surface area (Å²) in [6.07, 6.45) is 0. The summed E-state index contributed by atoms with van der Waals surface area (Å²) in [5.41, 5.74) is 15.3. The lowest BCUT2D eigenvalue weighted by Gasteiger charge is -2.42. The number of aromatic nitrogens is 3. The van der Waals surface area contributed by atoms with E-state index in [1.165, 1.54) is 55.2 Å². The van der Waals surface area contributed by atoms with Crippen LogP contribution < -0.4 is 0 Å². The molecule has 246 valence electrons. The van der Waals surface area contributed by atoms with E-state index in [0.29, 0.717) is 5.82 Å². The van der Waals surface area contributed by atoms with Gasteiger partial charge in [0.15, 0.2) is 5.82 Å². The van der Waals surface area contributed by atoms with Gasteiger partial charge in [-0.1, -0.05) is 175 Å². The number of aryl methyl sites for hydroxylation is 2. The van der Waals surface area contributed by atoms with E-state index < -0.39 is 5.41 Å². The van der Waals surface area contributed by atoms with Gasteiger partial charge < -0.3 is 4.57 Å². The molecule has 0 fully saturated rings. The van der Waals surface area contributed by atoms with Crippen LogP contribution in [-0.4, -0.2) is 14.5 Å². The Balaban J connectivity index is 1.39. The Hall–Kier alpha value is -6.58. The molecule has 10 rings (SSSR count). The van der Waals surface area contributed by atoms with Gasteiger partial charge in [0.05, 0.1) is 33.5 Å². The van der Waals surface area contributed by atoms with E-state index in [2.05, 4.69) is 182 Å². The van der Waals surface area contributed by atoms with Crippen molar-refractivity contribution >= 4 is 21.8 Å². The second-order valence-corrected chi connectivity index (χ2v) is 13.9. The number of hydrogen-bond donors (Lipinski definition) is 0. The molecule has 2 aromatic heterocycles. The van der Waals surface area contributed by atoms with Gasteiger partial charge >= 0.3 is 0 Å². The molecule has 9 aromatic rings. The van der Waals surface area contributed by atoms with E-state index in [9.17, 15) is 0 Å². The topological polar surface area (TPSA) is 30.7 Å². The molecule has 0 atom stereocenters. The molecule has 0 amide bonds. The summed E-state index contributed by atoms with van der Waals surface area (Å²) in [5, 5.41) is 2.48. The van der Waals surface area contributed by atoms with Crippen LogP contribution in [0.2, 0.25) is 0 Å². The Morgan fingerprint density at radius 3 is 1.71 bits per heavy atom. The van der Waals surface area contributed by atoms with E-state index in [4.69, 9.17) is 9.97 Å². The van der Waals surface area contributed by atoms with Crippen LogP contribution in [-0.2, 0) is 5.41 Å². The van der Waals surface area contributed by atoms with Gasteiger partial charge in [-0.05, 0) is 48.2 Å². The summed E-state index contributed by atoms with van der Waals surface area (Å²) in [4.78, 5) is 10.5. The van der Waals surface area contributed by atoms with Crippen molar-refractivity contribution in [3.05, 3.63) is 209 Å². The lowest BCUT2D eigenvalue weighted by Crippen LogP contribution is -2.35. The highest BCUT2D eigenvalue weighted by Gasteiger charge is 2.46. The summed E-state index contributed by atoms with van der Waals surface area (Å²) < 4.78 is 2.51. The summed E-state index contributed by atoms with van der Waals surface area (Å²) in [6.45, 7) is 4.33. The molecule has 0 saturated carbocycles. The third-order valence-corrected chi connectivity index (χ3v) is 10.8. The fraction of sp³-hybridized carbons (Fsp3) is 0.0612. The van der Waals surface area contributed by atoms with E-state index in [0.717, 1.165) is 33.8 Å². The van der Waals surface area contributed by atoms with Crippen molar-refractivity contribution in [1.29, 1.82) is 0 Å². The molecule has 3 heteroatoms. The van der Waals surface area contributed by atoms with Gasteiger partial charge in [-0.25, -0.2) is 9.97 Å². The standard InChI is InChI=1S/C49H35N3/c1-32-23-27-36(28-24-32)49(37-29-25-33(2)26-30-37)41-20-11-18-39-38-17-9-10-22-45(38)52(46(39)41)47-40(19-12-21-42(47)49)44-31-43(34-13-5-3-6-14-34)50-48(51-44)35-15-7-4-8-16-35/h3-31H,1-2H3. The van der Waals surface area contributed by atoms with Gasteiger partial charge in [0.2, 0.25) is 0 Å². The maximum atomic E-state index is 5.38. The molecule has 0 unspecified atom stereocenters. The van der Waals surface area contributed by atoms with Gasteiger partial charge in [-0.3, -0.25) is 0 Å². The highest BCUT2D eigenvalue weighted by molar-refractivity contribution is 6.13. The van der Waals surface area contributed by atoms with Crippen molar-refractivity contribution in [2.24, 2.45) is 0 Å². The fourth-order valence-electron chi connectivity index (χ4n) is 8.45. The summed E-state index contributed by atoms with van der Waals surface area (Å²) in [6, 6.07) is 63.7. The second-order valence-electron chi connectivity index (χ2n) is 13.9. The first-order chi connectivity index (χ1) is 25.6. The van der Waals surface area contributed by atoms with Crippen LogP contribution in [0.1, 0.15) is 33.4 Å². The Morgan fingerprint density at radius 2 is 1.02 bits per heavy atom. The molecule has 1 aliphatic rings. The second kappa shape index (κ2) is 11.8. The van der Waals surface area contributed by atoms with Crippen molar-refractivity contribution in [3.63, 3.8) is 0 Å². The average Bonchev–Trinajstić information content (AvgIpc) is 3.54. The Labute approximate surface area is 303 Å². The number of fused-ring (bicyclic) bond motifs is 5. The molecule has 3 nitrogen and oxygen atoms in total. The minimum atomic E-state index is -0.603. The van der Waals surface area contributed by atoms with Crippen molar-refractivity contribution in [1.82, 2.24) is 14.5 Å². The molecule has 0 aliphatic carbocycles. The summed E-state index contributed by atoms with van der Waals surface area (Å²) >= 11 is 0. The zero-order valence-electron chi connectivity index (χ0n) is 29.1. The molecule has 1 aliphatic heterocycles. The Bertz CT molecular complexity index is 2670. The highest BCUT2D eigenvalue weighted by Crippen LogP contribution is 2.56. The maximum Gasteiger partial charge on any atom is 0.160 e. The van der Waals surface area contributed by atoms with Gasteiger partial charge in [0.25, 0.3) is 0 Å². The maximum absolute atomic E-state index is 5.38. The predicted octanol–water partition coefficient (Wildman–Crippen LogP) is 11.9. The zero-order valence-corrected chi connectivity index (χ0v) is 29.1. The molecular weight excluding hydrogens is 631 g/mol. The Kier molecular flexibility index (Phi) is 6.84. The largest absolute Gasteiger partial charge is 0.308 e. The lowest BCUT2D eigenvalue weighted by atomic mass is 9.62. The number of nitrogens with zero attached hydrogens (tertiary/aromatic N) is 3. The highest BCUT2D eigenvalue weighted by atomic mass is 15.0. The molecule has 0 saturated heterocycles. The van der Waals surface area contributed by atoms with Crippen LogP contribution in [0.4, 0.5) is 0 Å². The van der Waals surface area contributed by atoms with Gasteiger partial charge in [0, 0.05) is 27.5 Å². The molecule has 0 radical (unpaired) electrons. The normalized spacial score (nSPS) is 13.0. The molecular formula is C49H35N3. The minimum Gasteiger partial charge on any atom is -0.308 e. The third kappa shape index (κ3) is 4.46. The smallest absolute Gasteiger partial charge is 0.160 e. The first-order valence-electron chi connectivity index (χ1n) is 17.9. The van der Waals surface area contributed by atoms with Crippen molar-refractivity contribution in [2.45, 2.75) is 19.3 Å². The number of para-hydroxylation sites is 3. The predicted molar refractivity (Wildman–Crippen MR) is 214 cm³/mol.